The third-order valence-corrected chi connectivity index (χ3v) is 5.71. The van der Waals surface area contributed by atoms with E-state index in [4.69, 9.17) is 4.74 Å². The number of fused-ring (bicyclic) bond motifs is 2. The number of likely N-dealkylation sites (tertiary alicyclic amines) is 1. The smallest absolute Gasteiger partial charge is 0.314 e. The number of amides is 1. The lowest BCUT2D eigenvalue weighted by Crippen LogP contribution is -2.47. The molecule has 2 saturated heterocycles. The van der Waals surface area contributed by atoms with Crippen LogP contribution in [0, 0.1) is 11.3 Å². The van der Waals surface area contributed by atoms with Gasteiger partial charge in [-0.3, -0.25) is 14.5 Å². The molecule has 0 aromatic heterocycles. The first kappa shape index (κ1) is 15.6. The number of carbonyl (C=O) groups excluding carboxylic acids is 1. The third kappa shape index (κ3) is 2.50. The average Bonchev–Trinajstić information content (AvgIpc) is 3.16. The van der Waals surface area contributed by atoms with Crippen molar-refractivity contribution in [3.63, 3.8) is 0 Å². The molecule has 6 nitrogen and oxygen atoms in total. The molecule has 1 N–H and O–H groups in total. The molecule has 24 heavy (non-hydrogen) atoms. The Labute approximate surface area is 141 Å². The molecule has 0 aliphatic carbocycles. The Morgan fingerprint density at radius 3 is 2.58 bits per heavy atom. The fraction of sp³-hybridized carbons (Fsp3) is 0.556. The van der Waals surface area contributed by atoms with E-state index in [1.165, 1.54) is 11.1 Å². The van der Waals surface area contributed by atoms with Crippen LogP contribution < -0.4 is 0 Å². The summed E-state index contributed by atoms with van der Waals surface area (Å²) < 4.78 is 5.42. The van der Waals surface area contributed by atoms with Crippen LogP contribution >= 0.6 is 0 Å². The van der Waals surface area contributed by atoms with Gasteiger partial charge in [-0.1, -0.05) is 24.3 Å². The maximum absolute atomic E-state index is 12.7. The lowest BCUT2D eigenvalue weighted by atomic mass is 9.76. The molecule has 2 fully saturated rings. The van der Waals surface area contributed by atoms with Gasteiger partial charge in [-0.05, 0) is 23.5 Å². The molecule has 0 spiro atoms. The monoisotopic (exact) mass is 330 g/mol. The van der Waals surface area contributed by atoms with Crippen molar-refractivity contribution in [2.24, 2.45) is 11.3 Å². The lowest BCUT2D eigenvalue weighted by molar-refractivity contribution is -0.159. The average molecular weight is 330 g/mol. The van der Waals surface area contributed by atoms with Crippen LogP contribution in [0.15, 0.2) is 24.3 Å². The summed E-state index contributed by atoms with van der Waals surface area (Å²) in [6.07, 6.45) is 0.714. The number of rotatable bonds is 3. The second kappa shape index (κ2) is 5.86. The molecule has 3 heterocycles. The molecule has 1 aromatic rings. The van der Waals surface area contributed by atoms with Gasteiger partial charge in [0.1, 0.15) is 5.41 Å². The number of aliphatic carboxylic acids is 1. The lowest BCUT2D eigenvalue weighted by Gasteiger charge is -2.33. The molecule has 1 amide bonds. The SMILES string of the molecule is O=C(CN1Cc2ccccc2C1)N1C[C@@H]2CCOC[C@]2(C(=O)O)C1. The number of carboxylic acid groups (broad SMARTS) is 1. The van der Waals surface area contributed by atoms with Gasteiger partial charge in [0.2, 0.25) is 5.91 Å². The van der Waals surface area contributed by atoms with E-state index < -0.39 is 11.4 Å². The van der Waals surface area contributed by atoms with Crippen molar-refractivity contribution in [1.82, 2.24) is 9.80 Å². The minimum Gasteiger partial charge on any atom is -0.481 e. The first-order chi connectivity index (χ1) is 11.6. The minimum atomic E-state index is -0.915. The minimum absolute atomic E-state index is 0.00322. The van der Waals surface area contributed by atoms with Crippen LogP contribution in [0.3, 0.4) is 0 Å². The Bertz CT molecular complexity index is 652. The molecular formula is C18H22N2O4. The van der Waals surface area contributed by atoms with Crippen molar-refractivity contribution in [3.05, 3.63) is 35.4 Å². The topological polar surface area (TPSA) is 70.1 Å². The van der Waals surface area contributed by atoms with E-state index in [1.54, 1.807) is 4.90 Å². The van der Waals surface area contributed by atoms with E-state index in [0.29, 0.717) is 26.1 Å². The first-order valence-electron chi connectivity index (χ1n) is 8.46. The van der Waals surface area contributed by atoms with Crippen LogP contribution in [0.25, 0.3) is 0 Å². The van der Waals surface area contributed by atoms with Crippen molar-refractivity contribution in [1.29, 1.82) is 0 Å². The number of carbonyl (C=O) groups is 2. The maximum atomic E-state index is 12.7. The van der Waals surface area contributed by atoms with Gasteiger partial charge in [0.25, 0.3) is 0 Å². The van der Waals surface area contributed by atoms with E-state index in [1.807, 2.05) is 12.1 Å². The van der Waals surface area contributed by atoms with Gasteiger partial charge in [-0.25, -0.2) is 0 Å². The molecule has 128 valence electrons. The summed E-state index contributed by atoms with van der Waals surface area (Å²) >= 11 is 0. The fourth-order valence-electron chi connectivity index (χ4n) is 4.29. The normalized spacial score (nSPS) is 29.3. The highest BCUT2D eigenvalue weighted by molar-refractivity contribution is 5.82. The van der Waals surface area contributed by atoms with Crippen LogP contribution in [0.4, 0.5) is 0 Å². The van der Waals surface area contributed by atoms with Gasteiger partial charge in [-0.15, -0.1) is 0 Å². The molecule has 2 atom stereocenters. The Morgan fingerprint density at radius 2 is 1.96 bits per heavy atom. The zero-order chi connectivity index (χ0) is 16.7. The quantitative estimate of drug-likeness (QED) is 0.894. The number of benzene rings is 1. The summed E-state index contributed by atoms with van der Waals surface area (Å²) in [4.78, 5) is 28.4. The van der Waals surface area contributed by atoms with E-state index in [9.17, 15) is 14.7 Å². The molecule has 1 aromatic carbocycles. The predicted octanol–water partition coefficient (Wildman–Crippen LogP) is 0.952. The Balaban J connectivity index is 1.42. The summed E-state index contributed by atoms with van der Waals surface area (Å²) in [6.45, 7) is 3.52. The molecule has 0 radical (unpaired) electrons. The molecular weight excluding hydrogens is 308 g/mol. The van der Waals surface area contributed by atoms with Gasteiger partial charge in [0, 0.05) is 32.8 Å². The summed E-state index contributed by atoms with van der Waals surface area (Å²) in [7, 11) is 0. The highest BCUT2D eigenvalue weighted by Gasteiger charge is 2.55. The largest absolute Gasteiger partial charge is 0.481 e. The number of ether oxygens (including phenoxy) is 1. The van der Waals surface area contributed by atoms with E-state index >= 15 is 0 Å². The van der Waals surface area contributed by atoms with Gasteiger partial charge < -0.3 is 14.7 Å². The summed E-state index contributed by atoms with van der Waals surface area (Å²) in [5.41, 5.74) is 1.63. The van der Waals surface area contributed by atoms with E-state index in [2.05, 4.69) is 17.0 Å². The molecule has 0 saturated carbocycles. The Kier molecular flexibility index (Phi) is 3.81. The summed E-state index contributed by atoms with van der Waals surface area (Å²) in [5.74, 6) is -0.808. The van der Waals surface area contributed by atoms with Gasteiger partial charge in [-0.2, -0.15) is 0 Å². The van der Waals surface area contributed by atoms with Crippen LogP contribution in [0.2, 0.25) is 0 Å². The van der Waals surface area contributed by atoms with Crippen molar-refractivity contribution in [2.45, 2.75) is 19.5 Å². The molecule has 0 bridgehead atoms. The zero-order valence-corrected chi connectivity index (χ0v) is 13.6. The van der Waals surface area contributed by atoms with Crippen molar-refractivity contribution in [2.75, 3.05) is 32.8 Å². The second-order valence-electron chi connectivity index (χ2n) is 7.19. The Morgan fingerprint density at radius 1 is 1.25 bits per heavy atom. The number of hydrogen-bond donors (Lipinski definition) is 1. The Hall–Kier alpha value is -1.92. The van der Waals surface area contributed by atoms with Crippen LogP contribution in [-0.4, -0.2) is 59.6 Å². The summed E-state index contributed by atoms with van der Waals surface area (Å²) in [6, 6.07) is 8.24. The van der Waals surface area contributed by atoms with E-state index in [0.717, 1.165) is 13.1 Å². The van der Waals surface area contributed by atoms with Crippen LogP contribution in [-0.2, 0) is 27.4 Å². The zero-order valence-electron chi connectivity index (χ0n) is 13.6. The van der Waals surface area contributed by atoms with Crippen molar-refractivity contribution >= 4 is 11.9 Å². The van der Waals surface area contributed by atoms with Gasteiger partial charge >= 0.3 is 5.97 Å². The van der Waals surface area contributed by atoms with Crippen molar-refractivity contribution in [3.8, 4) is 0 Å². The maximum Gasteiger partial charge on any atom is 0.314 e. The standard InChI is InChI=1S/C18H22N2O4/c21-16(10-19-7-13-3-1-2-4-14(13)8-19)20-9-15-5-6-24-12-18(15,11-20)17(22)23/h1-4,15H,5-12H2,(H,22,23)/t15-,18+/m0/s1. The highest BCUT2D eigenvalue weighted by atomic mass is 16.5. The number of hydrogen-bond acceptors (Lipinski definition) is 4. The second-order valence-corrected chi connectivity index (χ2v) is 7.19. The van der Waals surface area contributed by atoms with E-state index in [-0.39, 0.29) is 25.0 Å². The van der Waals surface area contributed by atoms with Crippen molar-refractivity contribution < 1.29 is 19.4 Å². The van der Waals surface area contributed by atoms with Crippen LogP contribution in [0.1, 0.15) is 17.5 Å². The molecule has 6 heteroatoms. The number of carboxylic acids is 1. The first-order valence-corrected chi connectivity index (χ1v) is 8.46. The fourth-order valence-corrected chi connectivity index (χ4v) is 4.29. The molecule has 3 aliphatic rings. The summed E-state index contributed by atoms with van der Waals surface area (Å²) in [5, 5.41) is 9.67. The third-order valence-electron chi connectivity index (χ3n) is 5.71. The van der Waals surface area contributed by atoms with Gasteiger partial charge in [0.05, 0.1) is 13.2 Å². The molecule has 4 rings (SSSR count). The predicted molar refractivity (Wildman–Crippen MR) is 86.1 cm³/mol. The van der Waals surface area contributed by atoms with Gasteiger partial charge in [0.15, 0.2) is 0 Å². The van der Waals surface area contributed by atoms with Crippen LogP contribution in [0.5, 0.6) is 0 Å². The molecule has 0 unspecified atom stereocenters. The molecule has 3 aliphatic heterocycles. The highest BCUT2D eigenvalue weighted by Crippen LogP contribution is 2.41. The number of nitrogens with zero attached hydrogens (tertiary/aromatic N) is 2.